The number of Topliss-reactive ketones (excluding diaryl/α,β-unsaturated/α-hetero) is 1. The van der Waals surface area contributed by atoms with Gasteiger partial charge >= 0.3 is 0 Å². The van der Waals surface area contributed by atoms with Crippen LogP contribution < -0.4 is 5.73 Å². The molecule has 1 aliphatic carbocycles. The number of rotatable bonds is 4. The first-order valence-electron chi connectivity index (χ1n) is 4.98. The monoisotopic (exact) mass is 190 g/mol. The summed E-state index contributed by atoms with van der Waals surface area (Å²) in [4.78, 5) is 15.4. The van der Waals surface area contributed by atoms with Crippen LogP contribution in [0.4, 0.5) is 5.69 Å². The summed E-state index contributed by atoms with van der Waals surface area (Å²) in [5.41, 5.74) is 7.47. The minimum atomic E-state index is 0.355. The number of nitrogen functional groups attached to an aromatic ring is 1. The largest absolute Gasteiger partial charge is 0.398 e. The average molecular weight is 190 g/mol. The van der Waals surface area contributed by atoms with E-state index in [1.807, 2.05) is 0 Å². The number of carbonyl (C=O) groups is 1. The number of pyridine rings is 1. The second-order valence-electron chi connectivity index (χ2n) is 3.82. The highest BCUT2D eigenvalue weighted by Crippen LogP contribution is 2.31. The molecule has 0 atom stereocenters. The molecule has 0 aromatic carbocycles. The third-order valence-corrected chi connectivity index (χ3v) is 2.61. The molecule has 3 heteroatoms. The SMILES string of the molecule is Nc1ccncc1CCC(=O)C1CC1. The van der Waals surface area contributed by atoms with E-state index in [2.05, 4.69) is 4.98 Å². The second kappa shape index (κ2) is 3.78. The summed E-state index contributed by atoms with van der Waals surface area (Å²) < 4.78 is 0. The molecule has 0 aliphatic heterocycles. The van der Waals surface area contributed by atoms with Gasteiger partial charge in [-0.25, -0.2) is 0 Å². The molecule has 3 nitrogen and oxygen atoms in total. The van der Waals surface area contributed by atoms with Crippen molar-refractivity contribution in [2.24, 2.45) is 5.92 Å². The summed E-state index contributed by atoms with van der Waals surface area (Å²) in [5.74, 6) is 0.737. The van der Waals surface area contributed by atoms with E-state index in [1.54, 1.807) is 18.5 Å². The van der Waals surface area contributed by atoms with Crippen molar-refractivity contribution in [3.63, 3.8) is 0 Å². The van der Waals surface area contributed by atoms with Crippen LogP contribution in [0.1, 0.15) is 24.8 Å². The van der Waals surface area contributed by atoms with Crippen molar-refractivity contribution in [1.82, 2.24) is 4.98 Å². The zero-order valence-corrected chi connectivity index (χ0v) is 8.07. The van der Waals surface area contributed by atoms with Crippen LogP contribution in [0.2, 0.25) is 0 Å². The van der Waals surface area contributed by atoms with Crippen LogP contribution in [-0.4, -0.2) is 10.8 Å². The van der Waals surface area contributed by atoms with Crippen LogP contribution in [0, 0.1) is 5.92 Å². The highest BCUT2D eigenvalue weighted by molar-refractivity contribution is 5.83. The lowest BCUT2D eigenvalue weighted by atomic mass is 10.1. The maximum Gasteiger partial charge on any atom is 0.136 e. The van der Waals surface area contributed by atoms with Crippen LogP contribution in [0.15, 0.2) is 18.5 Å². The highest BCUT2D eigenvalue weighted by atomic mass is 16.1. The Labute approximate surface area is 83.3 Å². The van der Waals surface area contributed by atoms with E-state index in [9.17, 15) is 4.79 Å². The Morgan fingerprint density at radius 3 is 3.00 bits per heavy atom. The Kier molecular flexibility index (Phi) is 2.48. The Bertz CT molecular complexity index is 345. The number of aryl methyl sites for hydroxylation is 1. The Balaban J connectivity index is 1.91. The first kappa shape index (κ1) is 9.19. The molecule has 1 aromatic heterocycles. The summed E-state index contributed by atoms with van der Waals surface area (Å²) in [6.07, 6.45) is 6.93. The number of aromatic nitrogens is 1. The normalized spacial score (nSPS) is 15.4. The third-order valence-electron chi connectivity index (χ3n) is 2.61. The molecule has 0 radical (unpaired) electrons. The molecule has 14 heavy (non-hydrogen) atoms. The topological polar surface area (TPSA) is 56.0 Å². The predicted octanol–water partition coefficient (Wildman–Crippen LogP) is 1.58. The zero-order valence-electron chi connectivity index (χ0n) is 8.07. The molecule has 0 saturated heterocycles. The predicted molar refractivity (Wildman–Crippen MR) is 54.7 cm³/mol. The standard InChI is InChI=1S/C11H14N2O/c12-10-5-6-13-7-9(10)3-4-11(14)8-1-2-8/h5-8H,1-4H2,(H2,12,13). The molecule has 0 unspecified atom stereocenters. The highest BCUT2D eigenvalue weighted by Gasteiger charge is 2.28. The van der Waals surface area contributed by atoms with Gasteiger partial charge < -0.3 is 5.73 Å². The van der Waals surface area contributed by atoms with Crippen molar-refractivity contribution in [3.05, 3.63) is 24.0 Å². The van der Waals surface area contributed by atoms with Gasteiger partial charge in [-0.1, -0.05) is 0 Å². The number of nitrogens with two attached hydrogens (primary N) is 1. The molecule has 1 heterocycles. The molecule has 1 fully saturated rings. The minimum absolute atomic E-state index is 0.355. The molecule has 74 valence electrons. The van der Waals surface area contributed by atoms with Gasteiger partial charge in [-0.3, -0.25) is 9.78 Å². The van der Waals surface area contributed by atoms with Gasteiger partial charge in [0.05, 0.1) is 0 Å². The maximum atomic E-state index is 11.4. The summed E-state index contributed by atoms with van der Waals surface area (Å²) in [6.45, 7) is 0. The second-order valence-corrected chi connectivity index (χ2v) is 3.82. The van der Waals surface area contributed by atoms with Crippen LogP contribution in [0.5, 0.6) is 0 Å². The van der Waals surface area contributed by atoms with Gasteiger partial charge in [0, 0.05) is 30.4 Å². The van der Waals surface area contributed by atoms with Gasteiger partial charge in [0.15, 0.2) is 0 Å². The van der Waals surface area contributed by atoms with Gasteiger partial charge in [0.1, 0.15) is 5.78 Å². The fraction of sp³-hybridized carbons (Fsp3) is 0.455. The Morgan fingerprint density at radius 1 is 1.57 bits per heavy atom. The van der Waals surface area contributed by atoms with Gasteiger partial charge in [-0.05, 0) is 30.9 Å². The smallest absolute Gasteiger partial charge is 0.136 e. The summed E-state index contributed by atoms with van der Waals surface area (Å²) >= 11 is 0. The fourth-order valence-corrected chi connectivity index (χ4v) is 1.51. The average Bonchev–Trinajstić information content (AvgIpc) is 2.99. The summed E-state index contributed by atoms with van der Waals surface area (Å²) in [6, 6.07) is 1.77. The van der Waals surface area contributed by atoms with Crippen LogP contribution in [0.25, 0.3) is 0 Å². The van der Waals surface area contributed by atoms with E-state index in [0.29, 0.717) is 18.1 Å². The Hall–Kier alpha value is -1.38. The van der Waals surface area contributed by atoms with E-state index in [4.69, 9.17) is 5.73 Å². The van der Waals surface area contributed by atoms with Crippen LogP contribution >= 0.6 is 0 Å². The molecule has 1 aliphatic rings. The molecule has 0 spiro atoms. The summed E-state index contributed by atoms with van der Waals surface area (Å²) in [7, 11) is 0. The van der Waals surface area contributed by atoms with Crippen molar-refractivity contribution in [2.75, 3.05) is 5.73 Å². The first-order valence-corrected chi connectivity index (χ1v) is 4.98. The molecule has 1 aromatic rings. The van der Waals surface area contributed by atoms with E-state index in [0.717, 1.165) is 30.5 Å². The van der Waals surface area contributed by atoms with E-state index < -0.39 is 0 Å². The number of ketones is 1. The molecule has 2 rings (SSSR count). The Morgan fingerprint density at radius 2 is 2.36 bits per heavy atom. The van der Waals surface area contributed by atoms with Gasteiger partial charge in [-0.2, -0.15) is 0 Å². The molecule has 2 N–H and O–H groups in total. The summed E-state index contributed by atoms with van der Waals surface area (Å²) in [5, 5.41) is 0. The van der Waals surface area contributed by atoms with Gasteiger partial charge in [0.2, 0.25) is 0 Å². The van der Waals surface area contributed by atoms with E-state index >= 15 is 0 Å². The molecule has 0 amide bonds. The number of anilines is 1. The first-order chi connectivity index (χ1) is 6.77. The van der Waals surface area contributed by atoms with Crippen molar-refractivity contribution < 1.29 is 4.79 Å². The zero-order chi connectivity index (χ0) is 9.97. The quantitative estimate of drug-likeness (QED) is 0.784. The maximum absolute atomic E-state index is 11.4. The van der Waals surface area contributed by atoms with Gasteiger partial charge in [-0.15, -0.1) is 0 Å². The molecular formula is C11H14N2O. The lowest BCUT2D eigenvalue weighted by Gasteiger charge is -2.03. The number of hydrogen-bond acceptors (Lipinski definition) is 3. The minimum Gasteiger partial charge on any atom is -0.398 e. The number of nitrogens with zero attached hydrogens (tertiary/aromatic N) is 1. The fourth-order valence-electron chi connectivity index (χ4n) is 1.51. The molecular weight excluding hydrogens is 176 g/mol. The lowest BCUT2D eigenvalue weighted by Crippen LogP contribution is -2.04. The number of carbonyl (C=O) groups excluding carboxylic acids is 1. The van der Waals surface area contributed by atoms with E-state index in [1.165, 1.54) is 0 Å². The third kappa shape index (κ3) is 2.10. The molecule has 0 bridgehead atoms. The van der Waals surface area contributed by atoms with Crippen LogP contribution in [0.3, 0.4) is 0 Å². The van der Waals surface area contributed by atoms with Crippen molar-refractivity contribution in [2.45, 2.75) is 25.7 Å². The van der Waals surface area contributed by atoms with Crippen molar-refractivity contribution in [1.29, 1.82) is 0 Å². The number of hydrogen-bond donors (Lipinski definition) is 1. The van der Waals surface area contributed by atoms with Crippen LogP contribution in [-0.2, 0) is 11.2 Å². The molecule has 1 saturated carbocycles. The van der Waals surface area contributed by atoms with Crippen molar-refractivity contribution >= 4 is 11.5 Å². The lowest BCUT2D eigenvalue weighted by molar-refractivity contribution is -0.120. The van der Waals surface area contributed by atoms with E-state index in [-0.39, 0.29) is 0 Å². The van der Waals surface area contributed by atoms with Crippen molar-refractivity contribution in [3.8, 4) is 0 Å². The van der Waals surface area contributed by atoms with Gasteiger partial charge in [0.25, 0.3) is 0 Å².